The number of amides is 2. The van der Waals surface area contributed by atoms with Gasteiger partial charge in [-0.25, -0.2) is 4.79 Å². The lowest BCUT2D eigenvalue weighted by atomic mass is 10.2. The summed E-state index contributed by atoms with van der Waals surface area (Å²) in [4.78, 5) is 22.2. The van der Waals surface area contributed by atoms with Crippen LogP contribution in [0.25, 0.3) is 10.9 Å². The molecule has 1 aromatic carbocycles. The molecule has 0 radical (unpaired) electrons. The number of piperazine rings is 1. The summed E-state index contributed by atoms with van der Waals surface area (Å²) in [7, 11) is 4.06. The van der Waals surface area contributed by atoms with Crippen molar-refractivity contribution in [3.63, 3.8) is 0 Å². The molecule has 3 aromatic rings. The number of aromatic nitrogens is 3. The molecule has 8 nitrogen and oxygen atoms in total. The van der Waals surface area contributed by atoms with E-state index < -0.39 is 0 Å². The van der Waals surface area contributed by atoms with E-state index in [4.69, 9.17) is 0 Å². The van der Waals surface area contributed by atoms with Crippen molar-refractivity contribution in [1.29, 1.82) is 0 Å². The number of fused-ring (bicyclic) bond motifs is 1. The van der Waals surface area contributed by atoms with Gasteiger partial charge in [0, 0.05) is 61.7 Å². The average molecular weight is 381 g/mol. The number of H-pyrrole nitrogens is 1. The summed E-state index contributed by atoms with van der Waals surface area (Å²) in [6.07, 6.45) is 5.55. The second-order valence-electron chi connectivity index (χ2n) is 7.42. The predicted molar refractivity (Wildman–Crippen MR) is 112 cm³/mol. The van der Waals surface area contributed by atoms with Gasteiger partial charge in [-0.3, -0.25) is 4.68 Å². The molecule has 1 fully saturated rings. The molecule has 148 valence electrons. The van der Waals surface area contributed by atoms with Gasteiger partial charge in [-0.15, -0.1) is 0 Å². The van der Waals surface area contributed by atoms with E-state index in [2.05, 4.69) is 49.5 Å². The van der Waals surface area contributed by atoms with Crippen LogP contribution in [-0.4, -0.2) is 77.4 Å². The summed E-state index contributed by atoms with van der Waals surface area (Å²) >= 11 is 0. The van der Waals surface area contributed by atoms with E-state index in [1.807, 2.05) is 36.1 Å². The van der Waals surface area contributed by atoms with E-state index in [-0.39, 0.29) is 6.03 Å². The third kappa shape index (κ3) is 3.96. The van der Waals surface area contributed by atoms with E-state index >= 15 is 0 Å². The van der Waals surface area contributed by atoms with E-state index in [1.54, 1.807) is 6.20 Å². The number of urea groups is 1. The van der Waals surface area contributed by atoms with E-state index in [9.17, 15) is 4.79 Å². The van der Waals surface area contributed by atoms with Gasteiger partial charge in [0.2, 0.25) is 0 Å². The number of hydrogen-bond donors (Lipinski definition) is 2. The van der Waals surface area contributed by atoms with Crippen molar-refractivity contribution in [2.75, 3.05) is 57.0 Å². The first-order chi connectivity index (χ1) is 13.6. The summed E-state index contributed by atoms with van der Waals surface area (Å²) in [5.74, 6) is 0. The fraction of sp³-hybridized carbons (Fsp3) is 0.400. The first-order valence-corrected chi connectivity index (χ1v) is 9.64. The van der Waals surface area contributed by atoms with Gasteiger partial charge in [0.25, 0.3) is 0 Å². The lowest BCUT2D eigenvalue weighted by Gasteiger charge is -2.36. The lowest BCUT2D eigenvalue weighted by Crippen LogP contribution is -2.50. The topological polar surface area (TPSA) is 72.4 Å². The van der Waals surface area contributed by atoms with Crippen LogP contribution in [0.3, 0.4) is 0 Å². The molecule has 28 heavy (non-hydrogen) atoms. The molecule has 0 aliphatic carbocycles. The molecule has 8 heteroatoms. The van der Waals surface area contributed by atoms with Gasteiger partial charge >= 0.3 is 6.03 Å². The van der Waals surface area contributed by atoms with Crippen LogP contribution >= 0.6 is 0 Å². The molecule has 0 unspecified atom stereocenters. The molecule has 0 spiro atoms. The molecular formula is C20H27N7O. The smallest absolute Gasteiger partial charge is 0.322 e. The zero-order valence-electron chi connectivity index (χ0n) is 16.4. The van der Waals surface area contributed by atoms with Crippen LogP contribution in [-0.2, 0) is 6.54 Å². The number of rotatable bonds is 5. The molecule has 0 atom stereocenters. The fourth-order valence-corrected chi connectivity index (χ4v) is 3.55. The van der Waals surface area contributed by atoms with E-state index in [0.29, 0.717) is 13.1 Å². The van der Waals surface area contributed by atoms with Crippen LogP contribution in [0.15, 0.2) is 42.9 Å². The fourth-order valence-electron chi connectivity index (χ4n) is 3.55. The van der Waals surface area contributed by atoms with Gasteiger partial charge in [0.05, 0.1) is 18.4 Å². The number of anilines is 2. The molecule has 0 saturated carbocycles. The SMILES string of the molecule is CN(C)CCn1cc(NC(=O)N2CCN(c3cccc4[nH]ccc34)CC2)cn1. The van der Waals surface area contributed by atoms with Crippen LogP contribution < -0.4 is 10.2 Å². The Hall–Kier alpha value is -3.00. The van der Waals surface area contributed by atoms with Crippen molar-refractivity contribution in [2.24, 2.45) is 0 Å². The van der Waals surface area contributed by atoms with Crippen LogP contribution in [0.1, 0.15) is 0 Å². The first-order valence-electron chi connectivity index (χ1n) is 9.64. The monoisotopic (exact) mass is 381 g/mol. The highest BCUT2D eigenvalue weighted by Gasteiger charge is 2.22. The molecule has 2 amide bonds. The number of nitrogens with one attached hydrogen (secondary N) is 2. The third-order valence-electron chi connectivity index (χ3n) is 5.14. The zero-order chi connectivity index (χ0) is 19.5. The standard InChI is InChI=1S/C20H27N7O/c1-24(2)8-13-27-15-16(14-22-27)23-20(28)26-11-9-25(10-12-26)19-5-3-4-18-17(19)6-7-21-18/h3-7,14-15,21H,8-13H2,1-2H3,(H,23,28). The Morgan fingerprint density at radius 3 is 2.82 bits per heavy atom. The molecule has 1 aliphatic heterocycles. The Labute approximate surface area is 164 Å². The third-order valence-corrected chi connectivity index (χ3v) is 5.14. The number of nitrogens with zero attached hydrogens (tertiary/aromatic N) is 5. The zero-order valence-corrected chi connectivity index (χ0v) is 16.4. The molecule has 0 bridgehead atoms. The summed E-state index contributed by atoms with van der Waals surface area (Å²) < 4.78 is 1.85. The normalized spacial score (nSPS) is 14.8. The quantitative estimate of drug-likeness (QED) is 0.711. The van der Waals surface area contributed by atoms with E-state index in [0.717, 1.165) is 37.4 Å². The molecule has 1 aliphatic rings. The van der Waals surface area contributed by atoms with Crippen LogP contribution in [0.2, 0.25) is 0 Å². The minimum Gasteiger partial charge on any atom is -0.367 e. The van der Waals surface area contributed by atoms with Crippen molar-refractivity contribution >= 4 is 28.3 Å². The predicted octanol–water partition coefficient (Wildman–Crippen LogP) is 2.28. The number of carbonyl (C=O) groups is 1. The van der Waals surface area contributed by atoms with Crippen LogP contribution in [0, 0.1) is 0 Å². The van der Waals surface area contributed by atoms with Crippen molar-refractivity contribution in [3.8, 4) is 0 Å². The largest absolute Gasteiger partial charge is 0.367 e. The molecule has 1 saturated heterocycles. The first kappa shape index (κ1) is 18.4. The number of benzene rings is 1. The highest BCUT2D eigenvalue weighted by atomic mass is 16.2. The maximum atomic E-state index is 12.6. The Morgan fingerprint density at radius 2 is 2.04 bits per heavy atom. The Bertz CT molecular complexity index is 937. The number of aromatic amines is 1. The number of carbonyl (C=O) groups excluding carboxylic acids is 1. The van der Waals surface area contributed by atoms with Crippen LogP contribution in [0.4, 0.5) is 16.2 Å². The second kappa shape index (κ2) is 7.93. The van der Waals surface area contributed by atoms with Gasteiger partial charge in [0.15, 0.2) is 0 Å². The van der Waals surface area contributed by atoms with Crippen molar-refractivity contribution < 1.29 is 4.79 Å². The molecule has 2 N–H and O–H groups in total. The van der Waals surface area contributed by atoms with Crippen molar-refractivity contribution in [1.82, 2.24) is 24.6 Å². The van der Waals surface area contributed by atoms with Gasteiger partial charge in [-0.2, -0.15) is 5.10 Å². The lowest BCUT2D eigenvalue weighted by molar-refractivity contribution is 0.208. The second-order valence-corrected chi connectivity index (χ2v) is 7.42. The van der Waals surface area contributed by atoms with E-state index in [1.165, 1.54) is 11.1 Å². The molecule has 3 heterocycles. The Morgan fingerprint density at radius 1 is 1.21 bits per heavy atom. The van der Waals surface area contributed by atoms with Crippen LogP contribution in [0.5, 0.6) is 0 Å². The van der Waals surface area contributed by atoms with Gasteiger partial charge in [-0.05, 0) is 32.3 Å². The maximum Gasteiger partial charge on any atom is 0.322 e. The summed E-state index contributed by atoms with van der Waals surface area (Å²) in [5, 5.41) is 8.50. The highest BCUT2D eigenvalue weighted by Crippen LogP contribution is 2.27. The summed E-state index contributed by atoms with van der Waals surface area (Å²) in [6.45, 7) is 4.74. The Balaban J connectivity index is 1.32. The molecule has 2 aromatic heterocycles. The number of likely N-dealkylation sites (N-methyl/N-ethyl adjacent to an activating group) is 1. The Kier molecular flexibility index (Phi) is 5.21. The minimum absolute atomic E-state index is 0.0633. The summed E-state index contributed by atoms with van der Waals surface area (Å²) in [5.41, 5.74) is 3.10. The number of hydrogen-bond acceptors (Lipinski definition) is 4. The average Bonchev–Trinajstić information content (AvgIpc) is 3.35. The van der Waals surface area contributed by atoms with Gasteiger partial charge < -0.3 is 25.0 Å². The van der Waals surface area contributed by atoms with Crippen molar-refractivity contribution in [2.45, 2.75) is 6.54 Å². The molecular weight excluding hydrogens is 354 g/mol. The maximum absolute atomic E-state index is 12.6. The minimum atomic E-state index is -0.0633. The highest BCUT2D eigenvalue weighted by molar-refractivity contribution is 5.93. The van der Waals surface area contributed by atoms with Crippen molar-refractivity contribution in [3.05, 3.63) is 42.9 Å². The summed E-state index contributed by atoms with van der Waals surface area (Å²) in [6, 6.07) is 8.35. The van der Waals surface area contributed by atoms with Gasteiger partial charge in [0.1, 0.15) is 0 Å². The van der Waals surface area contributed by atoms with Gasteiger partial charge in [-0.1, -0.05) is 6.07 Å². The molecule has 4 rings (SSSR count).